The van der Waals surface area contributed by atoms with Crippen LogP contribution >= 0.6 is 35.6 Å². The van der Waals surface area contributed by atoms with Crippen LogP contribution in [0.5, 0.6) is 0 Å². The maximum absolute atomic E-state index is 11.8. The third-order valence-electron chi connectivity index (χ3n) is 3.96. The molecular weight excluding hydrogens is 467 g/mol. The number of piperidine rings is 1. The molecule has 0 spiro atoms. The second-order valence-corrected chi connectivity index (χ2v) is 6.23. The average Bonchev–Trinajstić information content (AvgIpc) is 2.59. The number of amides is 2. The van der Waals surface area contributed by atoms with E-state index >= 15 is 0 Å². The Morgan fingerprint density at radius 1 is 1.19 bits per heavy atom. The summed E-state index contributed by atoms with van der Waals surface area (Å²) in [7, 11) is 0. The molecule has 1 fully saturated rings. The Balaban J connectivity index is 0.00000338. The largest absolute Gasteiger partial charge is 0.357 e. The Bertz CT molecular complexity index is 623. The van der Waals surface area contributed by atoms with Crippen LogP contribution in [0.3, 0.4) is 0 Å². The fourth-order valence-corrected chi connectivity index (χ4v) is 2.90. The quantitative estimate of drug-likeness (QED) is 0.266. The molecular formula is C18H26ClIN4O2. The number of halogens is 2. The van der Waals surface area contributed by atoms with Crippen molar-refractivity contribution in [2.24, 2.45) is 4.99 Å². The monoisotopic (exact) mass is 492 g/mol. The highest BCUT2D eigenvalue weighted by molar-refractivity contribution is 14.0. The van der Waals surface area contributed by atoms with Crippen LogP contribution in [0.1, 0.15) is 31.7 Å². The second-order valence-electron chi connectivity index (χ2n) is 5.82. The Morgan fingerprint density at radius 3 is 2.54 bits per heavy atom. The molecule has 6 nitrogen and oxygen atoms in total. The van der Waals surface area contributed by atoms with Crippen LogP contribution in [-0.4, -0.2) is 48.9 Å². The highest BCUT2D eigenvalue weighted by Gasteiger charge is 2.25. The zero-order chi connectivity index (χ0) is 18.1. The first kappa shape index (κ1) is 22.7. The molecule has 0 saturated carbocycles. The molecule has 1 aromatic rings. The van der Waals surface area contributed by atoms with Gasteiger partial charge in [0.1, 0.15) is 0 Å². The molecule has 8 heteroatoms. The first-order valence-electron chi connectivity index (χ1n) is 8.70. The number of carbonyl (C=O) groups is 2. The normalized spacial score (nSPS) is 14.8. The minimum absolute atomic E-state index is 0. The summed E-state index contributed by atoms with van der Waals surface area (Å²) in [5, 5.41) is 7.08. The zero-order valence-electron chi connectivity index (χ0n) is 15.0. The standard InChI is InChI=1S/C18H25ClN4O2.HI/c1-2-20-18(21-11-10-14-6-3-4-7-15(14)19)22-12-13-23-16(24)8-5-9-17(23)25;/h3-4,6-7H,2,5,8-13H2,1H3,(H2,20,21,22);1H. The lowest BCUT2D eigenvalue weighted by atomic mass is 10.1. The molecule has 1 aliphatic rings. The average molecular weight is 493 g/mol. The first-order valence-corrected chi connectivity index (χ1v) is 9.08. The molecule has 1 aliphatic heterocycles. The van der Waals surface area contributed by atoms with Crippen LogP contribution in [0.25, 0.3) is 0 Å². The summed E-state index contributed by atoms with van der Waals surface area (Å²) < 4.78 is 0. The van der Waals surface area contributed by atoms with Gasteiger partial charge < -0.3 is 10.6 Å². The van der Waals surface area contributed by atoms with Gasteiger partial charge >= 0.3 is 0 Å². The summed E-state index contributed by atoms with van der Waals surface area (Å²) in [4.78, 5) is 29.4. The van der Waals surface area contributed by atoms with Gasteiger partial charge in [0.25, 0.3) is 0 Å². The molecule has 26 heavy (non-hydrogen) atoms. The van der Waals surface area contributed by atoms with E-state index in [1.165, 1.54) is 4.90 Å². The Morgan fingerprint density at radius 2 is 1.88 bits per heavy atom. The van der Waals surface area contributed by atoms with E-state index < -0.39 is 0 Å². The second kappa shape index (κ2) is 12.1. The summed E-state index contributed by atoms with van der Waals surface area (Å²) in [5.74, 6) is 0.504. The highest BCUT2D eigenvalue weighted by atomic mass is 127. The number of nitrogens with zero attached hydrogens (tertiary/aromatic N) is 2. The minimum atomic E-state index is -0.0845. The Hall–Kier alpha value is -1.35. The van der Waals surface area contributed by atoms with E-state index in [2.05, 4.69) is 15.6 Å². The molecule has 2 N–H and O–H groups in total. The van der Waals surface area contributed by atoms with E-state index in [0.29, 0.717) is 44.9 Å². The van der Waals surface area contributed by atoms with Gasteiger partial charge in [-0.15, -0.1) is 24.0 Å². The van der Waals surface area contributed by atoms with Gasteiger partial charge in [0, 0.05) is 44.0 Å². The summed E-state index contributed by atoms with van der Waals surface area (Å²) >= 11 is 6.15. The molecule has 1 aromatic carbocycles. The Labute approximate surface area is 176 Å². The van der Waals surface area contributed by atoms with Crippen molar-refractivity contribution in [1.82, 2.24) is 15.5 Å². The smallest absolute Gasteiger partial charge is 0.229 e. The maximum atomic E-state index is 11.8. The van der Waals surface area contributed by atoms with E-state index in [0.717, 1.165) is 23.6 Å². The van der Waals surface area contributed by atoms with Gasteiger partial charge in [0.05, 0.1) is 0 Å². The van der Waals surface area contributed by atoms with Gasteiger partial charge in [-0.2, -0.15) is 0 Å². The fourth-order valence-electron chi connectivity index (χ4n) is 2.67. The maximum Gasteiger partial charge on any atom is 0.229 e. The number of carbonyl (C=O) groups excluding carboxylic acids is 2. The summed E-state index contributed by atoms with van der Waals surface area (Å²) in [5.41, 5.74) is 1.06. The van der Waals surface area contributed by atoms with Gasteiger partial charge in [0.15, 0.2) is 5.96 Å². The van der Waals surface area contributed by atoms with Crippen molar-refractivity contribution in [3.63, 3.8) is 0 Å². The number of nitrogens with one attached hydrogen (secondary N) is 2. The molecule has 144 valence electrons. The SMILES string of the molecule is CCNC(=NCCc1ccccc1Cl)NCCN1C(=O)CCCC1=O.I. The van der Waals surface area contributed by atoms with E-state index in [1.54, 1.807) is 0 Å². The van der Waals surface area contributed by atoms with Crippen molar-refractivity contribution in [3.05, 3.63) is 34.9 Å². The van der Waals surface area contributed by atoms with Gasteiger partial charge in [-0.1, -0.05) is 29.8 Å². The molecule has 0 bridgehead atoms. The van der Waals surface area contributed by atoms with Crippen molar-refractivity contribution >= 4 is 53.4 Å². The zero-order valence-corrected chi connectivity index (χ0v) is 18.0. The molecule has 0 atom stereocenters. The summed E-state index contributed by atoms with van der Waals surface area (Å²) in [6.07, 6.45) is 2.32. The minimum Gasteiger partial charge on any atom is -0.357 e. The van der Waals surface area contributed by atoms with Crippen LogP contribution < -0.4 is 10.6 Å². The van der Waals surface area contributed by atoms with E-state index in [4.69, 9.17) is 11.6 Å². The molecule has 2 amide bonds. The molecule has 2 rings (SSSR count). The predicted octanol–water partition coefficient (Wildman–Crippen LogP) is 2.59. The lowest BCUT2D eigenvalue weighted by Crippen LogP contribution is -2.46. The predicted molar refractivity (Wildman–Crippen MR) is 115 cm³/mol. The third-order valence-corrected chi connectivity index (χ3v) is 4.33. The van der Waals surface area contributed by atoms with Gasteiger partial charge in [-0.3, -0.25) is 19.5 Å². The summed E-state index contributed by atoms with van der Waals surface area (Å²) in [6.45, 7) is 4.17. The Kier molecular flexibility index (Phi) is 10.6. The molecule has 1 heterocycles. The number of aliphatic imine (C=N–C) groups is 1. The third kappa shape index (κ3) is 7.11. The number of hydrogen-bond acceptors (Lipinski definition) is 3. The van der Waals surface area contributed by atoms with Crippen molar-refractivity contribution < 1.29 is 9.59 Å². The van der Waals surface area contributed by atoms with Gasteiger partial charge in [0.2, 0.25) is 11.8 Å². The fraction of sp³-hybridized carbons (Fsp3) is 0.500. The van der Waals surface area contributed by atoms with Gasteiger partial charge in [-0.25, -0.2) is 0 Å². The first-order chi connectivity index (χ1) is 12.1. The molecule has 0 unspecified atom stereocenters. The van der Waals surface area contributed by atoms with Crippen LogP contribution in [-0.2, 0) is 16.0 Å². The van der Waals surface area contributed by atoms with Crippen molar-refractivity contribution in [2.45, 2.75) is 32.6 Å². The number of imide groups is 1. The number of rotatable bonds is 7. The molecule has 0 aliphatic carbocycles. The molecule has 0 radical (unpaired) electrons. The number of hydrogen-bond donors (Lipinski definition) is 2. The topological polar surface area (TPSA) is 73.8 Å². The van der Waals surface area contributed by atoms with Crippen molar-refractivity contribution in [1.29, 1.82) is 0 Å². The van der Waals surface area contributed by atoms with E-state index in [9.17, 15) is 9.59 Å². The lowest BCUT2D eigenvalue weighted by molar-refractivity contribution is -0.147. The van der Waals surface area contributed by atoms with Crippen LogP contribution in [0, 0.1) is 0 Å². The molecule has 1 saturated heterocycles. The van der Waals surface area contributed by atoms with Crippen LogP contribution in [0.2, 0.25) is 5.02 Å². The summed E-state index contributed by atoms with van der Waals surface area (Å²) in [6, 6.07) is 7.73. The van der Waals surface area contributed by atoms with E-state index in [-0.39, 0.29) is 35.8 Å². The van der Waals surface area contributed by atoms with Gasteiger partial charge in [-0.05, 0) is 31.4 Å². The van der Waals surface area contributed by atoms with Crippen LogP contribution in [0.4, 0.5) is 0 Å². The molecule has 0 aromatic heterocycles. The number of guanidine groups is 1. The van der Waals surface area contributed by atoms with E-state index in [1.807, 2.05) is 31.2 Å². The van der Waals surface area contributed by atoms with Crippen molar-refractivity contribution in [3.8, 4) is 0 Å². The lowest BCUT2D eigenvalue weighted by Gasteiger charge is -2.25. The van der Waals surface area contributed by atoms with Crippen molar-refractivity contribution in [2.75, 3.05) is 26.2 Å². The highest BCUT2D eigenvalue weighted by Crippen LogP contribution is 2.15. The number of benzene rings is 1. The number of likely N-dealkylation sites (tertiary alicyclic amines) is 1. The van der Waals surface area contributed by atoms with Crippen LogP contribution in [0.15, 0.2) is 29.3 Å².